The van der Waals surface area contributed by atoms with Crippen LogP contribution < -0.4 is 5.32 Å². The van der Waals surface area contributed by atoms with E-state index >= 15 is 0 Å². The Labute approximate surface area is 122 Å². The van der Waals surface area contributed by atoms with Crippen LogP contribution in [0, 0.1) is 11.6 Å². The minimum Gasteiger partial charge on any atom is -0.331 e. The molecule has 1 amide bonds. The Morgan fingerprint density at radius 3 is 2.65 bits per heavy atom. The number of nitrogens with one attached hydrogen (secondary N) is 1. The minimum absolute atomic E-state index is 0.216. The molecule has 1 heterocycles. The van der Waals surface area contributed by atoms with Crippen LogP contribution in [-0.2, 0) is 11.3 Å². The van der Waals surface area contributed by atoms with Gasteiger partial charge in [-0.15, -0.1) is 0 Å². The van der Waals surface area contributed by atoms with Crippen molar-refractivity contribution in [2.24, 2.45) is 0 Å². The lowest BCUT2D eigenvalue weighted by molar-refractivity contribution is -0.115. The van der Waals surface area contributed by atoms with Crippen molar-refractivity contribution in [2.75, 3.05) is 5.32 Å². The maximum Gasteiger partial charge on any atom is 0.239 e. The van der Waals surface area contributed by atoms with Crippen molar-refractivity contribution in [3.8, 4) is 0 Å². The van der Waals surface area contributed by atoms with Crippen molar-refractivity contribution in [3.63, 3.8) is 0 Å². The highest BCUT2D eigenvalue weighted by Gasteiger charge is 2.10. The van der Waals surface area contributed by atoms with Gasteiger partial charge < -0.3 is 9.88 Å². The van der Waals surface area contributed by atoms with Gasteiger partial charge in [-0.05, 0) is 24.6 Å². The summed E-state index contributed by atoms with van der Waals surface area (Å²) in [6.07, 6.45) is 3.08. The molecule has 0 saturated carbocycles. The Bertz CT molecular complexity index is 608. The minimum atomic E-state index is -0.623. The zero-order chi connectivity index (χ0) is 14.7. The maximum absolute atomic E-state index is 13.1. The van der Waals surface area contributed by atoms with Gasteiger partial charge in [-0.3, -0.25) is 4.79 Å². The van der Waals surface area contributed by atoms with Gasteiger partial charge in [-0.1, -0.05) is 15.9 Å². The van der Waals surface area contributed by atoms with E-state index in [-0.39, 0.29) is 17.3 Å². The molecule has 0 spiro atoms. The Morgan fingerprint density at radius 2 is 2.05 bits per heavy atom. The summed E-state index contributed by atoms with van der Waals surface area (Å²) in [7, 11) is 0. The van der Waals surface area contributed by atoms with Gasteiger partial charge in [0.25, 0.3) is 0 Å². The van der Waals surface area contributed by atoms with E-state index in [1.807, 2.05) is 0 Å². The summed E-state index contributed by atoms with van der Waals surface area (Å²) in [6, 6.07) is 3.32. The molecule has 4 nitrogen and oxygen atoms in total. The third-order valence-electron chi connectivity index (χ3n) is 2.53. The molecule has 1 unspecified atom stereocenters. The fourth-order valence-electron chi connectivity index (χ4n) is 1.65. The van der Waals surface area contributed by atoms with Gasteiger partial charge in [-0.25, -0.2) is 13.8 Å². The monoisotopic (exact) mass is 343 g/mol. The number of amides is 1. The third kappa shape index (κ3) is 3.86. The van der Waals surface area contributed by atoms with Crippen LogP contribution in [0.4, 0.5) is 14.6 Å². The number of aromatic nitrogens is 2. The normalized spacial score (nSPS) is 12.2. The lowest BCUT2D eigenvalue weighted by Crippen LogP contribution is -2.20. The molecule has 2 rings (SSSR count). The molecule has 0 fully saturated rings. The van der Waals surface area contributed by atoms with Gasteiger partial charge in [0.2, 0.25) is 5.91 Å². The second-order valence-electron chi connectivity index (χ2n) is 4.31. The topological polar surface area (TPSA) is 46.9 Å². The fourth-order valence-corrected chi connectivity index (χ4v) is 1.76. The number of halogens is 3. The zero-order valence-corrected chi connectivity index (χ0v) is 12.2. The Balaban J connectivity index is 2.07. The van der Waals surface area contributed by atoms with E-state index in [1.165, 1.54) is 18.5 Å². The van der Waals surface area contributed by atoms with Crippen LogP contribution in [-0.4, -0.2) is 20.3 Å². The third-order valence-corrected chi connectivity index (χ3v) is 2.95. The van der Waals surface area contributed by atoms with Crippen LogP contribution in [0.15, 0.2) is 30.7 Å². The van der Waals surface area contributed by atoms with E-state index < -0.39 is 11.6 Å². The highest BCUT2D eigenvalue weighted by atomic mass is 79.9. The number of anilines is 1. The van der Waals surface area contributed by atoms with Gasteiger partial charge in [0.15, 0.2) is 5.82 Å². The molecular weight excluding hydrogens is 332 g/mol. The molecular formula is C13H12BrF2N3O. The van der Waals surface area contributed by atoms with Gasteiger partial charge in [0, 0.05) is 18.8 Å². The molecule has 0 aliphatic carbocycles. The first kappa shape index (κ1) is 14.6. The summed E-state index contributed by atoms with van der Waals surface area (Å²) >= 11 is 3.14. The molecule has 1 aromatic heterocycles. The van der Waals surface area contributed by atoms with E-state index in [1.54, 1.807) is 17.7 Å². The molecule has 1 aromatic carbocycles. The predicted molar refractivity (Wildman–Crippen MR) is 74.7 cm³/mol. The average Bonchev–Trinajstić information content (AvgIpc) is 2.74. The number of hydrogen-bond acceptors (Lipinski definition) is 2. The number of rotatable bonds is 4. The van der Waals surface area contributed by atoms with E-state index in [0.29, 0.717) is 11.4 Å². The van der Waals surface area contributed by atoms with Crippen LogP contribution in [0.25, 0.3) is 0 Å². The first-order chi connectivity index (χ1) is 9.44. The lowest BCUT2D eigenvalue weighted by Gasteiger charge is -2.04. The molecule has 106 valence electrons. The zero-order valence-electron chi connectivity index (χ0n) is 10.6. The van der Waals surface area contributed by atoms with Crippen LogP contribution >= 0.6 is 15.9 Å². The van der Waals surface area contributed by atoms with E-state index in [9.17, 15) is 13.6 Å². The van der Waals surface area contributed by atoms with Gasteiger partial charge in [-0.2, -0.15) is 0 Å². The molecule has 2 aromatic rings. The Hall–Kier alpha value is -1.76. The predicted octanol–water partition coefficient (Wildman–Crippen LogP) is 2.93. The molecule has 0 aliphatic rings. The van der Waals surface area contributed by atoms with E-state index in [2.05, 4.69) is 26.2 Å². The maximum atomic E-state index is 13.1. The largest absolute Gasteiger partial charge is 0.331 e. The number of benzene rings is 1. The molecule has 7 heteroatoms. The lowest BCUT2D eigenvalue weighted by atomic mass is 10.2. The first-order valence-corrected chi connectivity index (χ1v) is 6.77. The van der Waals surface area contributed by atoms with E-state index in [0.717, 1.165) is 6.07 Å². The van der Waals surface area contributed by atoms with Crippen molar-refractivity contribution >= 4 is 27.7 Å². The van der Waals surface area contributed by atoms with Gasteiger partial charge in [0.1, 0.15) is 11.6 Å². The molecule has 0 bridgehead atoms. The van der Waals surface area contributed by atoms with E-state index in [4.69, 9.17) is 0 Å². The molecule has 0 saturated heterocycles. The Kier molecular flexibility index (Phi) is 4.49. The summed E-state index contributed by atoms with van der Waals surface area (Å²) in [5, 5.41) is 2.60. The van der Waals surface area contributed by atoms with Crippen molar-refractivity contribution in [2.45, 2.75) is 18.3 Å². The summed E-state index contributed by atoms with van der Waals surface area (Å²) in [5.41, 5.74) is 0.478. The van der Waals surface area contributed by atoms with Gasteiger partial charge >= 0.3 is 0 Å². The molecule has 20 heavy (non-hydrogen) atoms. The smallest absolute Gasteiger partial charge is 0.239 e. The van der Waals surface area contributed by atoms with Crippen molar-refractivity contribution < 1.29 is 13.6 Å². The molecule has 0 aliphatic heterocycles. The number of carbonyl (C=O) groups excluding carboxylic acids is 1. The quantitative estimate of drug-likeness (QED) is 0.867. The summed E-state index contributed by atoms with van der Waals surface area (Å²) in [4.78, 5) is 15.1. The summed E-state index contributed by atoms with van der Waals surface area (Å²) in [6.45, 7) is 1.96. The van der Waals surface area contributed by atoms with Crippen molar-refractivity contribution in [1.29, 1.82) is 0 Å². The first-order valence-electron chi connectivity index (χ1n) is 5.86. The SMILES string of the molecule is CC(Br)C(=O)Nc1cn(Cc2cc(F)cc(F)c2)cn1. The van der Waals surface area contributed by atoms with Crippen molar-refractivity contribution in [3.05, 3.63) is 47.9 Å². The standard InChI is InChI=1S/C13H12BrF2N3O/c1-8(14)13(20)18-12-6-19(7-17-12)5-9-2-10(15)4-11(16)3-9/h2-4,6-8H,5H2,1H3,(H,18,20). The Morgan fingerprint density at radius 1 is 1.40 bits per heavy atom. The molecule has 1 atom stereocenters. The second-order valence-corrected chi connectivity index (χ2v) is 5.69. The summed E-state index contributed by atoms with van der Waals surface area (Å²) < 4.78 is 27.8. The number of alkyl halides is 1. The number of hydrogen-bond donors (Lipinski definition) is 1. The second kappa shape index (κ2) is 6.13. The number of nitrogens with zero attached hydrogens (tertiary/aromatic N) is 2. The van der Waals surface area contributed by atoms with Gasteiger partial charge in [0.05, 0.1) is 11.2 Å². The number of imidazole rings is 1. The molecule has 0 radical (unpaired) electrons. The average molecular weight is 344 g/mol. The van der Waals surface area contributed by atoms with Crippen LogP contribution in [0.3, 0.4) is 0 Å². The van der Waals surface area contributed by atoms with Crippen LogP contribution in [0.2, 0.25) is 0 Å². The van der Waals surface area contributed by atoms with Crippen LogP contribution in [0.1, 0.15) is 12.5 Å². The fraction of sp³-hybridized carbons (Fsp3) is 0.231. The highest BCUT2D eigenvalue weighted by Crippen LogP contribution is 2.12. The van der Waals surface area contributed by atoms with Crippen molar-refractivity contribution in [1.82, 2.24) is 9.55 Å². The number of carbonyl (C=O) groups is 1. The molecule has 1 N–H and O–H groups in total. The summed E-state index contributed by atoms with van der Waals surface area (Å²) in [5.74, 6) is -1.08. The highest BCUT2D eigenvalue weighted by molar-refractivity contribution is 9.10. The van der Waals surface area contributed by atoms with Crippen LogP contribution in [0.5, 0.6) is 0 Å².